The predicted molar refractivity (Wildman–Crippen MR) is 110 cm³/mol. The van der Waals surface area contributed by atoms with Crippen molar-refractivity contribution in [2.75, 3.05) is 31.6 Å². The molecule has 5 heteroatoms. The van der Waals surface area contributed by atoms with E-state index in [9.17, 15) is 0 Å². The third kappa shape index (κ3) is 5.05. The van der Waals surface area contributed by atoms with Gasteiger partial charge in [0.05, 0.1) is 12.3 Å². The summed E-state index contributed by atoms with van der Waals surface area (Å²) in [4.78, 5) is 14.6. The fourth-order valence-corrected chi connectivity index (χ4v) is 3.55. The van der Waals surface area contributed by atoms with Gasteiger partial charge in [0, 0.05) is 50.8 Å². The average Bonchev–Trinajstić information content (AvgIpc) is 2.62. The lowest BCUT2D eigenvalue weighted by molar-refractivity contribution is 0.180. The van der Waals surface area contributed by atoms with Gasteiger partial charge in [-0.15, -0.1) is 0 Å². The van der Waals surface area contributed by atoms with Crippen molar-refractivity contribution >= 4 is 5.82 Å². The molecule has 2 aromatic rings. The van der Waals surface area contributed by atoms with Crippen LogP contribution in [0.15, 0.2) is 36.4 Å². The van der Waals surface area contributed by atoms with Crippen LogP contribution in [0.2, 0.25) is 0 Å². The first-order valence-corrected chi connectivity index (χ1v) is 9.77. The van der Waals surface area contributed by atoms with E-state index >= 15 is 0 Å². The van der Waals surface area contributed by atoms with Gasteiger partial charge in [0.25, 0.3) is 0 Å². The van der Waals surface area contributed by atoms with Crippen LogP contribution in [-0.4, -0.2) is 47.7 Å². The lowest BCUT2D eigenvalue weighted by atomic mass is 9.95. The number of aromatic nitrogens is 2. The summed E-state index contributed by atoms with van der Waals surface area (Å²) in [6, 6.07) is 13.2. The lowest BCUT2D eigenvalue weighted by Crippen LogP contribution is -2.52. The van der Waals surface area contributed by atoms with Crippen LogP contribution in [0.3, 0.4) is 0 Å². The molecule has 5 nitrogen and oxygen atoms in total. The van der Waals surface area contributed by atoms with E-state index in [1.54, 1.807) is 7.11 Å². The van der Waals surface area contributed by atoms with Gasteiger partial charge in [-0.2, -0.15) is 0 Å². The molecule has 27 heavy (non-hydrogen) atoms. The normalized spacial score (nSPS) is 18.7. The van der Waals surface area contributed by atoms with Gasteiger partial charge in [0.1, 0.15) is 11.6 Å². The molecule has 1 aliphatic heterocycles. The Labute approximate surface area is 163 Å². The standard InChI is InChI=1S/C22H32N4O/c1-17-14-25(15-18-9-7-6-8-10-18)11-12-26(17)20-13-19(16-27-5)23-21(24-20)22(2,3)4/h6-10,13,17H,11-12,14-16H2,1-5H3. The molecule has 1 aromatic carbocycles. The molecule has 146 valence electrons. The molecule has 0 spiro atoms. The summed E-state index contributed by atoms with van der Waals surface area (Å²) in [6.45, 7) is 13.3. The van der Waals surface area contributed by atoms with Crippen LogP contribution in [0.5, 0.6) is 0 Å². The zero-order chi connectivity index (χ0) is 19.4. The molecular formula is C22H32N4O. The van der Waals surface area contributed by atoms with Gasteiger partial charge in [-0.1, -0.05) is 51.1 Å². The Balaban J connectivity index is 1.76. The highest BCUT2D eigenvalue weighted by Gasteiger charge is 2.27. The summed E-state index contributed by atoms with van der Waals surface area (Å²) in [5.74, 6) is 1.90. The molecule has 1 fully saturated rings. The maximum absolute atomic E-state index is 5.33. The monoisotopic (exact) mass is 368 g/mol. The molecule has 3 rings (SSSR count). The first kappa shape index (κ1) is 19.8. The Hall–Kier alpha value is -1.98. The highest BCUT2D eigenvalue weighted by Crippen LogP contribution is 2.25. The molecule has 0 bridgehead atoms. The molecule has 0 aliphatic carbocycles. The Morgan fingerprint density at radius 3 is 2.48 bits per heavy atom. The molecule has 2 heterocycles. The second-order valence-electron chi connectivity index (χ2n) is 8.49. The number of piperazine rings is 1. The van der Waals surface area contributed by atoms with E-state index in [1.807, 2.05) is 0 Å². The summed E-state index contributed by atoms with van der Waals surface area (Å²) >= 11 is 0. The smallest absolute Gasteiger partial charge is 0.136 e. The zero-order valence-corrected chi connectivity index (χ0v) is 17.3. The van der Waals surface area contributed by atoms with Crippen molar-refractivity contribution < 1.29 is 4.74 Å². The average molecular weight is 369 g/mol. The van der Waals surface area contributed by atoms with Gasteiger partial charge >= 0.3 is 0 Å². The van der Waals surface area contributed by atoms with Crippen LogP contribution >= 0.6 is 0 Å². The maximum atomic E-state index is 5.33. The van der Waals surface area contributed by atoms with Crippen LogP contribution in [-0.2, 0) is 23.3 Å². The second kappa shape index (κ2) is 8.36. The van der Waals surface area contributed by atoms with E-state index in [4.69, 9.17) is 14.7 Å². The summed E-state index contributed by atoms with van der Waals surface area (Å²) in [5, 5.41) is 0. The number of hydrogen-bond acceptors (Lipinski definition) is 5. The number of rotatable bonds is 5. The molecule has 0 saturated carbocycles. The molecule has 0 amide bonds. The van der Waals surface area contributed by atoms with E-state index in [0.29, 0.717) is 12.6 Å². The van der Waals surface area contributed by atoms with E-state index in [2.05, 4.69) is 73.9 Å². The summed E-state index contributed by atoms with van der Waals surface area (Å²) in [5.41, 5.74) is 2.24. The first-order valence-electron chi connectivity index (χ1n) is 9.77. The van der Waals surface area contributed by atoms with Crippen molar-refractivity contribution in [3.05, 3.63) is 53.5 Å². The van der Waals surface area contributed by atoms with Crippen LogP contribution in [0.1, 0.15) is 44.8 Å². The summed E-state index contributed by atoms with van der Waals surface area (Å²) in [7, 11) is 1.71. The number of anilines is 1. The fraction of sp³-hybridized carbons (Fsp3) is 0.545. The third-order valence-electron chi connectivity index (χ3n) is 4.98. The van der Waals surface area contributed by atoms with Crippen molar-refractivity contribution in [1.29, 1.82) is 0 Å². The van der Waals surface area contributed by atoms with Crippen LogP contribution in [0, 0.1) is 0 Å². The predicted octanol–water partition coefficient (Wildman–Crippen LogP) is 3.63. The van der Waals surface area contributed by atoms with Crippen LogP contribution < -0.4 is 4.90 Å². The van der Waals surface area contributed by atoms with Crippen molar-refractivity contribution in [3.63, 3.8) is 0 Å². The molecule has 0 radical (unpaired) electrons. The first-order chi connectivity index (χ1) is 12.9. The van der Waals surface area contributed by atoms with Gasteiger partial charge in [-0.05, 0) is 12.5 Å². The second-order valence-corrected chi connectivity index (χ2v) is 8.49. The molecule has 1 aliphatic rings. The SMILES string of the molecule is COCc1cc(N2CCN(Cc3ccccc3)CC2C)nc(C(C)(C)C)n1. The molecular weight excluding hydrogens is 336 g/mol. The van der Waals surface area contributed by atoms with Crippen molar-refractivity contribution in [1.82, 2.24) is 14.9 Å². The topological polar surface area (TPSA) is 41.5 Å². The van der Waals surface area contributed by atoms with Crippen LogP contribution in [0.4, 0.5) is 5.82 Å². The van der Waals surface area contributed by atoms with E-state index < -0.39 is 0 Å². The van der Waals surface area contributed by atoms with Gasteiger partial charge in [0.15, 0.2) is 0 Å². The fourth-order valence-electron chi connectivity index (χ4n) is 3.55. The van der Waals surface area contributed by atoms with Crippen molar-refractivity contribution in [2.24, 2.45) is 0 Å². The van der Waals surface area contributed by atoms with E-state index in [0.717, 1.165) is 43.5 Å². The largest absolute Gasteiger partial charge is 0.378 e. The zero-order valence-electron chi connectivity index (χ0n) is 17.3. The van der Waals surface area contributed by atoms with Gasteiger partial charge < -0.3 is 9.64 Å². The molecule has 0 N–H and O–H groups in total. The van der Waals surface area contributed by atoms with E-state index in [-0.39, 0.29) is 5.41 Å². The Morgan fingerprint density at radius 1 is 1.11 bits per heavy atom. The molecule has 1 aromatic heterocycles. The minimum atomic E-state index is -0.0864. The number of benzene rings is 1. The number of hydrogen-bond donors (Lipinski definition) is 0. The van der Waals surface area contributed by atoms with Gasteiger partial charge in [-0.25, -0.2) is 9.97 Å². The van der Waals surface area contributed by atoms with Crippen molar-refractivity contribution in [2.45, 2.75) is 52.3 Å². The Bertz CT molecular complexity index is 742. The lowest BCUT2D eigenvalue weighted by Gasteiger charge is -2.41. The highest BCUT2D eigenvalue weighted by molar-refractivity contribution is 5.42. The quantitative estimate of drug-likeness (QED) is 0.806. The Morgan fingerprint density at radius 2 is 1.85 bits per heavy atom. The molecule has 1 unspecified atom stereocenters. The van der Waals surface area contributed by atoms with Gasteiger partial charge in [0.2, 0.25) is 0 Å². The van der Waals surface area contributed by atoms with Gasteiger partial charge in [-0.3, -0.25) is 4.90 Å². The van der Waals surface area contributed by atoms with Crippen LogP contribution in [0.25, 0.3) is 0 Å². The minimum Gasteiger partial charge on any atom is -0.378 e. The van der Waals surface area contributed by atoms with Crippen molar-refractivity contribution in [3.8, 4) is 0 Å². The third-order valence-corrected chi connectivity index (χ3v) is 4.98. The number of nitrogens with zero attached hydrogens (tertiary/aromatic N) is 4. The summed E-state index contributed by atoms with van der Waals surface area (Å²) in [6.07, 6.45) is 0. The maximum Gasteiger partial charge on any atom is 0.136 e. The minimum absolute atomic E-state index is 0.0864. The molecule has 1 atom stereocenters. The Kier molecular flexibility index (Phi) is 6.12. The number of ether oxygens (including phenoxy) is 1. The number of methoxy groups -OCH3 is 1. The summed E-state index contributed by atoms with van der Waals surface area (Å²) < 4.78 is 5.33. The van der Waals surface area contributed by atoms with E-state index in [1.165, 1.54) is 5.56 Å². The highest BCUT2D eigenvalue weighted by atomic mass is 16.5. The molecule has 1 saturated heterocycles.